The summed E-state index contributed by atoms with van der Waals surface area (Å²) in [6.07, 6.45) is 0. The van der Waals surface area contributed by atoms with Crippen LogP contribution in [0.25, 0.3) is 0 Å². The molecule has 0 saturated heterocycles. The first kappa shape index (κ1) is 12.5. The average molecular weight is 206 g/mol. The van der Waals surface area contributed by atoms with Gasteiger partial charge in [-0.05, 0) is 0 Å². The number of thioether (sulfide) groups is 1. The molecular formula is C8H14O4S. The fraction of sp³-hybridized carbons (Fsp3) is 0.625. The van der Waals surface area contributed by atoms with Gasteiger partial charge < -0.3 is 14.9 Å². The molecule has 5 heteroatoms. The molecule has 0 aliphatic rings. The molecule has 0 rings (SSSR count). The Morgan fingerprint density at radius 1 is 1.38 bits per heavy atom. The van der Waals surface area contributed by atoms with Crippen molar-refractivity contribution in [1.29, 1.82) is 0 Å². The number of hydrogen-bond acceptors (Lipinski definition) is 5. The highest BCUT2D eigenvalue weighted by Gasteiger charge is 2.07. The van der Waals surface area contributed by atoms with E-state index in [1.807, 2.05) is 0 Å². The average Bonchev–Trinajstić information content (AvgIpc) is 2.14. The molecule has 0 aromatic carbocycles. The van der Waals surface area contributed by atoms with Crippen molar-refractivity contribution in [2.24, 2.45) is 0 Å². The van der Waals surface area contributed by atoms with Crippen LogP contribution in [0.2, 0.25) is 0 Å². The molecule has 0 amide bonds. The lowest BCUT2D eigenvalue weighted by molar-refractivity contribution is -0.139. The zero-order chi connectivity index (χ0) is 10.1. The van der Waals surface area contributed by atoms with E-state index in [2.05, 4.69) is 11.3 Å². The van der Waals surface area contributed by atoms with Gasteiger partial charge in [-0.2, -0.15) is 11.8 Å². The maximum Gasteiger partial charge on any atom is 0.334 e. The van der Waals surface area contributed by atoms with Crippen LogP contribution >= 0.6 is 11.8 Å². The maximum atomic E-state index is 11.0. The van der Waals surface area contributed by atoms with E-state index in [4.69, 9.17) is 10.2 Å². The summed E-state index contributed by atoms with van der Waals surface area (Å²) in [6, 6.07) is 0. The first-order valence-electron chi connectivity index (χ1n) is 3.86. The number of ether oxygens (including phenoxy) is 1. The van der Waals surface area contributed by atoms with E-state index >= 15 is 0 Å². The van der Waals surface area contributed by atoms with Crippen LogP contribution in [0.5, 0.6) is 0 Å². The van der Waals surface area contributed by atoms with Crippen molar-refractivity contribution in [3.05, 3.63) is 12.2 Å². The maximum absolute atomic E-state index is 11.0. The van der Waals surface area contributed by atoms with Crippen molar-refractivity contribution in [2.45, 2.75) is 0 Å². The standard InChI is InChI=1S/C8H14O4S/c1-7(6-13-5-3-10)8(11)12-4-2-9/h9-10H,1-6H2. The third-order valence-electron chi connectivity index (χ3n) is 1.13. The summed E-state index contributed by atoms with van der Waals surface area (Å²) in [7, 11) is 0. The highest BCUT2D eigenvalue weighted by molar-refractivity contribution is 7.99. The second-order valence-electron chi connectivity index (χ2n) is 2.24. The summed E-state index contributed by atoms with van der Waals surface area (Å²) in [4.78, 5) is 11.0. The van der Waals surface area contributed by atoms with Gasteiger partial charge in [-0.3, -0.25) is 0 Å². The number of carbonyl (C=O) groups excluding carboxylic acids is 1. The number of rotatable bonds is 7. The van der Waals surface area contributed by atoms with Crippen molar-refractivity contribution >= 4 is 17.7 Å². The third kappa shape index (κ3) is 6.62. The van der Waals surface area contributed by atoms with Gasteiger partial charge in [-0.25, -0.2) is 4.79 Å². The Labute approximate surface area is 81.6 Å². The SMILES string of the molecule is C=C(CSCCO)C(=O)OCCO. The number of aliphatic hydroxyl groups excluding tert-OH is 2. The zero-order valence-electron chi connectivity index (χ0n) is 7.36. The molecule has 0 heterocycles. The Morgan fingerprint density at radius 3 is 2.62 bits per heavy atom. The van der Waals surface area contributed by atoms with Crippen LogP contribution in [-0.2, 0) is 9.53 Å². The van der Waals surface area contributed by atoms with Gasteiger partial charge in [0, 0.05) is 17.1 Å². The van der Waals surface area contributed by atoms with E-state index in [-0.39, 0.29) is 19.8 Å². The van der Waals surface area contributed by atoms with Crippen molar-refractivity contribution in [2.75, 3.05) is 31.3 Å². The molecule has 0 aliphatic carbocycles. The van der Waals surface area contributed by atoms with E-state index in [9.17, 15) is 4.79 Å². The second kappa shape index (κ2) is 8.10. The lowest BCUT2D eigenvalue weighted by Gasteiger charge is -2.04. The van der Waals surface area contributed by atoms with Gasteiger partial charge in [0.25, 0.3) is 0 Å². The van der Waals surface area contributed by atoms with E-state index in [1.54, 1.807) is 0 Å². The Morgan fingerprint density at radius 2 is 2.08 bits per heavy atom. The second-order valence-corrected chi connectivity index (χ2v) is 3.34. The molecule has 0 atom stereocenters. The Balaban J connectivity index is 3.51. The molecule has 0 bridgehead atoms. The number of carbonyl (C=O) groups is 1. The predicted octanol–water partition coefficient (Wildman–Crippen LogP) is -0.196. The topological polar surface area (TPSA) is 66.8 Å². The van der Waals surface area contributed by atoms with Crippen molar-refractivity contribution in [3.8, 4) is 0 Å². The van der Waals surface area contributed by atoms with E-state index < -0.39 is 5.97 Å². The molecule has 0 unspecified atom stereocenters. The summed E-state index contributed by atoms with van der Waals surface area (Å²) in [5.41, 5.74) is 0.354. The third-order valence-corrected chi connectivity index (χ3v) is 2.15. The van der Waals surface area contributed by atoms with E-state index in [1.165, 1.54) is 11.8 Å². The molecule has 2 N–H and O–H groups in total. The van der Waals surface area contributed by atoms with Crippen LogP contribution in [-0.4, -0.2) is 47.5 Å². The van der Waals surface area contributed by atoms with Crippen LogP contribution in [0, 0.1) is 0 Å². The lowest BCUT2D eigenvalue weighted by atomic mass is 10.4. The first-order valence-corrected chi connectivity index (χ1v) is 5.02. The van der Waals surface area contributed by atoms with Gasteiger partial charge >= 0.3 is 5.97 Å². The van der Waals surface area contributed by atoms with Gasteiger partial charge in [0.1, 0.15) is 6.61 Å². The van der Waals surface area contributed by atoms with Crippen LogP contribution in [0.15, 0.2) is 12.2 Å². The fourth-order valence-corrected chi connectivity index (χ4v) is 1.20. The van der Waals surface area contributed by atoms with Gasteiger partial charge in [-0.1, -0.05) is 6.58 Å². The number of aliphatic hydroxyl groups is 2. The van der Waals surface area contributed by atoms with Crippen molar-refractivity contribution in [3.63, 3.8) is 0 Å². The molecule has 0 radical (unpaired) electrons. The molecule has 4 nitrogen and oxygen atoms in total. The highest BCUT2D eigenvalue weighted by Crippen LogP contribution is 2.06. The normalized spacial score (nSPS) is 9.69. The number of hydrogen-bond donors (Lipinski definition) is 2. The van der Waals surface area contributed by atoms with Crippen LogP contribution in [0.3, 0.4) is 0 Å². The molecule has 76 valence electrons. The Kier molecular flexibility index (Phi) is 7.77. The van der Waals surface area contributed by atoms with Gasteiger partial charge in [0.2, 0.25) is 0 Å². The fourth-order valence-electron chi connectivity index (χ4n) is 0.559. The molecular weight excluding hydrogens is 192 g/mol. The first-order chi connectivity index (χ1) is 6.22. The summed E-state index contributed by atoms with van der Waals surface area (Å²) >= 11 is 1.41. The van der Waals surface area contributed by atoms with Crippen molar-refractivity contribution in [1.82, 2.24) is 0 Å². The zero-order valence-corrected chi connectivity index (χ0v) is 8.18. The van der Waals surface area contributed by atoms with E-state index in [0.717, 1.165) is 0 Å². The highest BCUT2D eigenvalue weighted by atomic mass is 32.2. The van der Waals surface area contributed by atoms with Gasteiger partial charge in [-0.15, -0.1) is 0 Å². The molecule has 13 heavy (non-hydrogen) atoms. The Bertz CT molecular complexity index is 170. The smallest absolute Gasteiger partial charge is 0.334 e. The summed E-state index contributed by atoms with van der Waals surface area (Å²) in [5, 5.41) is 16.8. The van der Waals surface area contributed by atoms with Crippen LogP contribution < -0.4 is 0 Å². The van der Waals surface area contributed by atoms with Gasteiger partial charge in [0.15, 0.2) is 0 Å². The quantitative estimate of drug-likeness (QED) is 0.343. The minimum atomic E-state index is -0.487. The summed E-state index contributed by atoms with van der Waals surface area (Å²) in [5.74, 6) is 0.538. The van der Waals surface area contributed by atoms with Crippen molar-refractivity contribution < 1.29 is 19.7 Å². The van der Waals surface area contributed by atoms with Crippen LogP contribution in [0.1, 0.15) is 0 Å². The summed E-state index contributed by atoms with van der Waals surface area (Å²) < 4.78 is 4.62. The molecule has 0 fully saturated rings. The lowest BCUT2D eigenvalue weighted by Crippen LogP contribution is -2.12. The monoisotopic (exact) mass is 206 g/mol. The van der Waals surface area contributed by atoms with Crippen LogP contribution in [0.4, 0.5) is 0 Å². The molecule has 0 aromatic rings. The molecule has 0 saturated carbocycles. The largest absolute Gasteiger partial charge is 0.460 e. The predicted molar refractivity (Wildman–Crippen MR) is 51.6 cm³/mol. The number of esters is 1. The molecule has 0 aliphatic heterocycles. The summed E-state index contributed by atoms with van der Waals surface area (Å²) in [6.45, 7) is 3.43. The minimum absolute atomic E-state index is 0.00250. The van der Waals surface area contributed by atoms with E-state index in [0.29, 0.717) is 17.1 Å². The van der Waals surface area contributed by atoms with Gasteiger partial charge in [0.05, 0.1) is 13.2 Å². The molecule has 0 spiro atoms. The Hall–Kier alpha value is -0.520. The molecule has 0 aromatic heterocycles. The minimum Gasteiger partial charge on any atom is -0.460 e.